The highest BCUT2D eigenvalue weighted by Gasteiger charge is 2.43. The number of aliphatic hydroxyl groups is 1. The minimum atomic E-state index is -0.0624. The van der Waals surface area contributed by atoms with E-state index in [2.05, 4.69) is 26.8 Å². The molecule has 0 aromatic carbocycles. The predicted molar refractivity (Wildman–Crippen MR) is 63.6 cm³/mol. The largest absolute Gasteiger partial charge is 0.393 e. The third-order valence-corrected chi connectivity index (χ3v) is 4.91. The third kappa shape index (κ3) is 1.87. The number of aliphatic hydroxyl groups excluding tert-OH is 1. The average molecular weight is 208 g/mol. The summed E-state index contributed by atoms with van der Waals surface area (Å²) >= 11 is 0. The van der Waals surface area contributed by atoms with Gasteiger partial charge in [0.15, 0.2) is 0 Å². The van der Waals surface area contributed by atoms with E-state index < -0.39 is 0 Å². The average Bonchev–Trinajstić information content (AvgIpc) is 2.52. The van der Waals surface area contributed by atoms with E-state index in [9.17, 15) is 5.11 Å². The molecule has 0 heterocycles. The molecular weight excluding hydrogens is 184 g/mol. The van der Waals surface area contributed by atoms with Gasteiger partial charge in [0.2, 0.25) is 0 Å². The molecule has 86 valence electrons. The molecule has 15 heavy (non-hydrogen) atoms. The Kier molecular flexibility index (Phi) is 2.94. The molecule has 0 aliphatic heterocycles. The molecule has 1 nitrogen and oxygen atoms in total. The van der Waals surface area contributed by atoms with Crippen LogP contribution in [0.25, 0.3) is 0 Å². The summed E-state index contributed by atoms with van der Waals surface area (Å²) in [6.45, 7) is 6.94. The van der Waals surface area contributed by atoms with Crippen molar-refractivity contribution in [1.29, 1.82) is 0 Å². The maximum Gasteiger partial charge on any atom is 0.0576 e. The molecule has 0 aromatic rings. The van der Waals surface area contributed by atoms with E-state index in [4.69, 9.17) is 0 Å². The van der Waals surface area contributed by atoms with Gasteiger partial charge in [-0.25, -0.2) is 0 Å². The molecule has 0 aromatic heterocycles. The zero-order valence-corrected chi connectivity index (χ0v) is 10.3. The summed E-state index contributed by atoms with van der Waals surface area (Å²) in [6, 6.07) is 0. The van der Waals surface area contributed by atoms with E-state index >= 15 is 0 Å². The molecule has 0 amide bonds. The van der Waals surface area contributed by atoms with Crippen LogP contribution < -0.4 is 0 Å². The maximum absolute atomic E-state index is 10.2. The van der Waals surface area contributed by atoms with Crippen LogP contribution in [0, 0.1) is 17.3 Å². The summed E-state index contributed by atoms with van der Waals surface area (Å²) in [5.41, 5.74) is 1.80. The molecule has 0 bridgehead atoms. The van der Waals surface area contributed by atoms with Crippen LogP contribution in [-0.4, -0.2) is 11.2 Å². The molecule has 1 fully saturated rings. The summed E-state index contributed by atoms with van der Waals surface area (Å²) in [7, 11) is 0. The van der Waals surface area contributed by atoms with Crippen LogP contribution in [0.15, 0.2) is 11.6 Å². The zero-order valence-electron chi connectivity index (χ0n) is 10.3. The van der Waals surface area contributed by atoms with E-state index in [0.29, 0.717) is 5.92 Å². The fourth-order valence-corrected chi connectivity index (χ4v) is 3.55. The fourth-order valence-electron chi connectivity index (χ4n) is 3.55. The summed E-state index contributed by atoms with van der Waals surface area (Å²) in [4.78, 5) is 0. The Morgan fingerprint density at radius 1 is 1.40 bits per heavy atom. The van der Waals surface area contributed by atoms with Crippen LogP contribution in [0.2, 0.25) is 0 Å². The fraction of sp³-hybridized carbons (Fsp3) is 0.857. The molecule has 1 N–H and O–H groups in total. The molecule has 1 saturated carbocycles. The second-order valence-corrected chi connectivity index (χ2v) is 5.94. The lowest BCUT2D eigenvalue weighted by Gasteiger charge is -2.43. The van der Waals surface area contributed by atoms with E-state index in [-0.39, 0.29) is 11.5 Å². The molecule has 2 rings (SSSR count). The maximum atomic E-state index is 10.2. The summed E-state index contributed by atoms with van der Waals surface area (Å²) in [5, 5.41) is 10.2. The van der Waals surface area contributed by atoms with Crippen molar-refractivity contribution in [1.82, 2.24) is 0 Å². The van der Waals surface area contributed by atoms with Gasteiger partial charge in [0, 0.05) is 0 Å². The SMILES string of the molecule is CC1=CCC[C@@]1(C)[C@@H]1C[C@H](C)CC[C@@H]1O. The Balaban J connectivity index is 2.17. The van der Waals surface area contributed by atoms with E-state index in [1.807, 2.05) is 0 Å². The lowest BCUT2D eigenvalue weighted by atomic mass is 9.63. The van der Waals surface area contributed by atoms with Gasteiger partial charge in [-0.2, -0.15) is 0 Å². The quantitative estimate of drug-likeness (QED) is 0.654. The molecule has 1 heteroatoms. The van der Waals surface area contributed by atoms with Gasteiger partial charge >= 0.3 is 0 Å². The summed E-state index contributed by atoms with van der Waals surface area (Å²) in [6.07, 6.45) is 8.18. The highest BCUT2D eigenvalue weighted by atomic mass is 16.3. The second kappa shape index (κ2) is 3.93. The molecule has 2 aliphatic carbocycles. The van der Waals surface area contributed by atoms with E-state index in [1.165, 1.54) is 31.3 Å². The van der Waals surface area contributed by atoms with Crippen molar-refractivity contribution in [3.8, 4) is 0 Å². The Bertz CT molecular complexity index is 269. The van der Waals surface area contributed by atoms with Gasteiger partial charge in [0.25, 0.3) is 0 Å². The number of hydrogen-bond acceptors (Lipinski definition) is 1. The van der Waals surface area contributed by atoms with Crippen molar-refractivity contribution in [2.75, 3.05) is 0 Å². The summed E-state index contributed by atoms with van der Waals surface area (Å²) in [5.74, 6) is 1.30. The van der Waals surface area contributed by atoms with Crippen LogP contribution in [0.1, 0.15) is 52.9 Å². The first-order valence-electron chi connectivity index (χ1n) is 6.39. The van der Waals surface area contributed by atoms with Gasteiger partial charge in [-0.3, -0.25) is 0 Å². The molecule has 0 radical (unpaired) electrons. The standard InChI is InChI=1S/C14H24O/c1-10-6-7-13(15)12(9-10)14(3)8-4-5-11(14)2/h5,10,12-13,15H,4,6-9H2,1-3H3/t10-,12-,13+,14-/m1/s1. The number of hydrogen-bond donors (Lipinski definition) is 1. The van der Waals surface area contributed by atoms with Gasteiger partial charge in [-0.05, 0) is 56.3 Å². The number of rotatable bonds is 1. The molecule has 0 unspecified atom stereocenters. The molecule has 0 spiro atoms. The van der Waals surface area contributed by atoms with Gasteiger partial charge in [-0.15, -0.1) is 0 Å². The van der Waals surface area contributed by atoms with Gasteiger partial charge in [0.05, 0.1) is 6.10 Å². The van der Waals surface area contributed by atoms with Crippen molar-refractivity contribution >= 4 is 0 Å². The van der Waals surface area contributed by atoms with Crippen molar-refractivity contribution in [2.24, 2.45) is 17.3 Å². The second-order valence-electron chi connectivity index (χ2n) is 5.94. The van der Waals surface area contributed by atoms with Crippen molar-refractivity contribution < 1.29 is 5.11 Å². The monoisotopic (exact) mass is 208 g/mol. The van der Waals surface area contributed by atoms with Crippen molar-refractivity contribution in [2.45, 2.75) is 59.0 Å². The van der Waals surface area contributed by atoms with Crippen molar-refractivity contribution in [3.05, 3.63) is 11.6 Å². The van der Waals surface area contributed by atoms with Crippen LogP contribution in [0.3, 0.4) is 0 Å². The highest BCUT2D eigenvalue weighted by molar-refractivity contribution is 5.19. The predicted octanol–water partition coefficient (Wildman–Crippen LogP) is 3.53. The first-order valence-corrected chi connectivity index (χ1v) is 6.39. The first kappa shape index (κ1) is 11.2. The first-order chi connectivity index (χ1) is 7.04. The lowest BCUT2D eigenvalue weighted by molar-refractivity contribution is -0.00493. The Morgan fingerprint density at radius 3 is 2.73 bits per heavy atom. The molecule has 2 aliphatic rings. The van der Waals surface area contributed by atoms with E-state index in [1.54, 1.807) is 0 Å². The van der Waals surface area contributed by atoms with Gasteiger partial charge in [-0.1, -0.05) is 25.5 Å². The number of allylic oxidation sites excluding steroid dienone is 2. The Morgan fingerprint density at radius 2 is 2.13 bits per heavy atom. The molecular formula is C14H24O. The zero-order chi connectivity index (χ0) is 11.1. The smallest absolute Gasteiger partial charge is 0.0576 e. The Labute approximate surface area is 93.6 Å². The van der Waals surface area contributed by atoms with Gasteiger partial charge in [0.1, 0.15) is 0 Å². The topological polar surface area (TPSA) is 20.2 Å². The minimum absolute atomic E-state index is 0.0624. The molecule has 0 saturated heterocycles. The minimum Gasteiger partial charge on any atom is -0.393 e. The Hall–Kier alpha value is -0.300. The third-order valence-electron chi connectivity index (χ3n) is 4.91. The van der Waals surface area contributed by atoms with Crippen LogP contribution in [0.4, 0.5) is 0 Å². The molecule has 4 atom stereocenters. The normalized spacial score (nSPS) is 46.7. The van der Waals surface area contributed by atoms with Crippen LogP contribution in [0.5, 0.6) is 0 Å². The van der Waals surface area contributed by atoms with Crippen LogP contribution in [-0.2, 0) is 0 Å². The van der Waals surface area contributed by atoms with E-state index in [0.717, 1.165) is 12.3 Å². The summed E-state index contributed by atoms with van der Waals surface area (Å²) < 4.78 is 0. The lowest BCUT2D eigenvalue weighted by Crippen LogP contribution is -2.39. The van der Waals surface area contributed by atoms with Crippen molar-refractivity contribution in [3.63, 3.8) is 0 Å². The highest BCUT2D eigenvalue weighted by Crippen LogP contribution is 2.50. The van der Waals surface area contributed by atoms with Gasteiger partial charge < -0.3 is 5.11 Å². The van der Waals surface area contributed by atoms with Crippen LogP contribution >= 0.6 is 0 Å².